The van der Waals surface area contributed by atoms with Crippen molar-refractivity contribution in [1.29, 1.82) is 0 Å². The molecule has 1 atom stereocenters. The summed E-state index contributed by atoms with van der Waals surface area (Å²) in [4.78, 5) is 0.982. The number of thiophene rings is 1. The highest BCUT2D eigenvalue weighted by Gasteiger charge is 2.17. The highest BCUT2D eigenvalue weighted by Crippen LogP contribution is 2.32. The van der Waals surface area contributed by atoms with Crippen molar-refractivity contribution in [3.8, 4) is 0 Å². The Morgan fingerprint density at radius 1 is 1.37 bits per heavy atom. The van der Waals surface area contributed by atoms with Gasteiger partial charge in [-0.1, -0.05) is 0 Å². The van der Waals surface area contributed by atoms with Crippen LogP contribution in [0.4, 0.5) is 8.78 Å². The number of nitrogens with two attached hydrogens (primary N) is 1. The standard InChI is InChI=1S/C13H13BrF2N2S/c1-7-4-12(19-13(7)14)11(18-17)6-8-5-9(15)2-3-10(8)16/h2-5,11,18H,6,17H2,1H3. The number of benzene rings is 1. The second-order valence-corrected chi connectivity index (χ2v) is 6.67. The van der Waals surface area contributed by atoms with E-state index in [0.717, 1.165) is 26.4 Å². The van der Waals surface area contributed by atoms with E-state index in [2.05, 4.69) is 21.4 Å². The van der Waals surface area contributed by atoms with Crippen LogP contribution in [-0.4, -0.2) is 0 Å². The monoisotopic (exact) mass is 346 g/mol. The van der Waals surface area contributed by atoms with Crippen molar-refractivity contribution in [1.82, 2.24) is 5.43 Å². The molecule has 1 aromatic heterocycles. The van der Waals surface area contributed by atoms with Gasteiger partial charge in [0.05, 0.1) is 9.83 Å². The van der Waals surface area contributed by atoms with Crippen LogP contribution in [-0.2, 0) is 6.42 Å². The number of hydrogen-bond donors (Lipinski definition) is 2. The molecule has 2 rings (SSSR count). The van der Waals surface area contributed by atoms with E-state index in [9.17, 15) is 8.78 Å². The minimum Gasteiger partial charge on any atom is -0.271 e. The third-order valence-electron chi connectivity index (χ3n) is 2.85. The van der Waals surface area contributed by atoms with Crippen molar-refractivity contribution in [2.45, 2.75) is 19.4 Å². The molecular weight excluding hydrogens is 334 g/mol. The summed E-state index contributed by atoms with van der Waals surface area (Å²) in [6.45, 7) is 1.97. The van der Waals surface area contributed by atoms with Crippen molar-refractivity contribution in [3.63, 3.8) is 0 Å². The second kappa shape index (κ2) is 6.09. The van der Waals surface area contributed by atoms with Crippen molar-refractivity contribution in [3.05, 3.63) is 55.7 Å². The molecule has 0 saturated heterocycles. The average molecular weight is 347 g/mol. The zero-order chi connectivity index (χ0) is 14.0. The fourth-order valence-corrected chi connectivity index (χ4v) is 3.45. The van der Waals surface area contributed by atoms with Crippen molar-refractivity contribution in [2.75, 3.05) is 0 Å². The molecule has 1 unspecified atom stereocenters. The van der Waals surface area contributed by atoms with Gasteiger partial charge in [0.1, 0.15) is 11.6 Å². The average Bonchev–Trinajstić information content (AvgIpc) is 2.70. The van der Waals surface area contributed by atoms with E-state index >= 15 is 0 Å². The summed E-state index contributed by atoms with van der Waals surface area (Å²) in [7, 11) is 0. The van der Waals surface area contributed by atoms with Gasteiger partial charge in [0.25, 0.3) is 0 Å². The molecule has 0 spiro atoms. The highest BCUT2D eigenvalue weighted by molar-refractivity contribution is 9.11. The van der Waals surface area contributed by atoms with Gasteiger partial charge >= 0.3 is 0 Å². The second-order valence-electron chi connectivity index (χ2n) is 4.26. The van der Waals surface area contributed by atoms with Crippen molar-refractivity contribution >= 4 is 27.3 Å². The van der Waals surface area contributed by atoms with Gasteiger partial charge in [0.15, 0.2) is 0 Å². The largest absolute Gasteiger partial charge is 0.271 e. The Hall–Kier alpha value is -0.820. The van der Waals surface area contributed by atoms with Gasteiger partial charge in [-0.15, -0.1) is 11.3 Å². The first-order chi connectivity index (χ1) is 9.01. The zero-order valence-corrected chi connectivity index (χ0v) is 12.6. The van der Waals surface area contributed by atoms with E-state index in [4.69, 9.17) is 5.84 Å². The lowest BCUT2D eigenvalue weighted by atomic mass is 10.0. The molecule has 0 amide bonds. The van der Waals surface area contributed by atoms with Crippen LogP contribution in [0.15, 0.2) is 28.1 Å². The topological polar surface area (TPSA) is 38.0 Å². The maximum atomic E-state index is 13.6. The summed E-state index contributed by atoms with van der Waals surface area (Å²) in [5.74, 6) is 4.65. The normalized spacial score (nSPS) is 12.7. The van der Waals surface area contributed by atoms with E-state index in [1.165, 1.54) is 17.4 Å². The SMILES string of the molecule is Cc1cc(C(Cc2cc(F)ccc2F)NN)sc1Br. The number of hydrazine groups is 1. The minimum absolute atomic E-state index is 0.244. The maximum absolute atomic E-state index is 13.6. The molecule has 0 bridgehead atoms. The molecule has 1 aromatic carbocycles. The molecule has 0 fully saturated rings. The van der Waals surface area contributed by atoms with Crippen LogP contribution in [0.2, 0.25) is 0 Å². The maximum Gasteiger partial charge on any atom is 0.126 e. The molecule has 2 nitrogen and oxygen atoms in total. The quantitative estimate of drug-likeness (QED) is 0.651. The first-order valence-electron chi connectivity index (χ1n) is 5.67. The van der Waals surface area contributed by atoms with Crippen LogP contribution >= 0.6 is 27.3 Å². The number of aryl methyl sites for hydroxylation is 1. The number of rotatable bonds is 4. The van der Waals surface area contributed by atoms with E-state index < -0.39 is 11.6 Å². The van der Waals surface area contributed by atoms with Gasteiger partial charge in [-0.3, -0.25) is 11.3 Å². The van der Waals surface area contributed by atoms with Gasteiger partial charge < -0.3 is 0 Å². The van der Waals surface area contributed by atoms with Crippen LogP contribution in [0.1, 0.15) is 22.0 Å². The molecule has 6 heteroatoms. The Morgan fingerprint density at radius 2 is 2.11 bits per heavy atom. The van der Waals surface area contributed by atoms with E-state index in [1.54, 1.807) is 0 Å². The molecular formula is C13H13BrF2N2S. The third kappa shape index (κ3) is 3.39. The van der Waals surface area contributed by atoms with Crippen LogP contribution in [0.3, 0.4) is 0 Å². The fraction of sp³-hybridized carbons (Fsp3) is 0.231. The predicted molar refractivity (Wildman–Crippen MR) is 76.9 cm³/mol. The summed E-state index contributed by atoms with van der Waals surface area (Å²) in [5, 5.41) is 0. The lowest BCUT2D eigenvalue weighted by Gasteiger charge is -2.14. The number of nitrogens with one attached hydrogen (secondary N) is 1. The summed E-state index contributed by atoms with van der Waals surface area (Å²) in [5.41, 5.74) is 4.06. The molecule has 102 valence electrons. The lowest BCUT2D eigenvalue weighted by molar-refractivity contribution is 0.528. The molecule has 0 aliphatic heterocycles. The molecule has 2 aromatic rings. The Kier molecular flexibility index (Phi) is 4.67. The van der Waals surface area contributed by atoms with Crippen LogP contribution < -0.4 is 11.3 Å². The Bertz CT molecular complexity index is 567. The van der Waals surface area contributed by atoms with Gasteiger partial charge in [-0.25, -0.2) is 8.78 Å². The van der Waals surface area contributed by atoms with Crippen molar-refractivity contribution < 1.29 is 8.78 Å². The molecule has 3 N–H and O–H groups in total. The van der Waals surface area contributed by atoms with Gasteiger partial charge in [-0.2, -0.15) is 0 Å². The number of halogens is 3. The van der Waals surface area contributed by atoms with Gasteiger partial charge in [0, 0.05) is 4.88 Å². The summed E-state index contributed by atoms with van der Waals surface area (Å²) >= 11 is 4.98. The molecule has 0 radical (unpaired) electrons. The minimum atomic E-state index is -0.448. The number of hydrogen-bond acceptors (Lipinski definition) is 3. The fourth-order valence-electron chi connectivity index (χ4n) is 1.82. The van der Waals surface area contributed by atoms with Gasteiger partial charge in [0.2, 0.25) is 0 Å². The highest BCUT2D eigenvalue weighted by atomic mass is 79.9. The molecule has 1 heterocycles. The van der Waals surface area contributed by atoms with Crippen molar-refractivity contribution in [2.24, 2.45) is 5.84 Å². The van der Waals surface area contributed by atoms with E-state index in [0.29, 0.717) is 12.0 Å². The Balaban J connectivity index is 2.26. The smallest absolute Gasteiger partial charge is 0.126 e. The first-order valence-corrected chi connectivity index (χ1v) is 7.28. The van der Waals surface area contributed by atoms with E-state index in [-0.39, 0.29) is 6.04 Å². The van der Waals surface area contributed by atoms with Crippen LogP contribution in [0.25, 0.3) is 0 Å². The molecule has 19 heavy (non-hydrogen) atoms. The van der Waals surface area contributed by atoms with Crippen LogP contribution in [0.5, 0.6) is 0 Å². The molecule has 0 aliphatic rings. The van der Waals surface area contributed by atoms with Gasteiger partial charge in [-0.05, 0) is 64.7 Å². The Morgan fingerprint density at radius 3 is 2.68 bits per heavy atom. The van der Waals surface area contributed by atoms with E-state index in [1.807, 2.05) is 13.0 Å². The first kappa shape index (κ1) is 14.6. The predicted octanol–water partition coefficient (Wildman–Crippen LogP) is 3.84. The summed E-state index contributed by atoms with van der Waals surface area (Å²) in [6, 6.07) is 5.18. The molecule has 0 saturated carbocycles. The lowest BCUT2D eigenvalue weighted by Crippen LogP contribution is -2.29. The molecule has 0 aliphatic carbocycles. The Labute approximate surface area is 122 Å². The van der Waals surface area contributed by atoms with Crippen LogP contribution in [0, 0.1) is 18.6 Å². The summed E-state index contributed by atoms with van der Waals surface area (Å²) < 4.78 is 27.8. The zero-order valence-electron chi connectivity index (χ0n) is 10.2. The third-order valence-corrected chi connectivity index (χ3v) is 5.10. The summed E-state index contributed by atoms with van der Waals surface area (Å²) in [6.07, 6.45) is 0.298.